The van der Waals surface area contributed by atoms with Crippen molar-refractivity contribution in [2.75, 3.05) is 11.1 Å². The Balaban J connectivity index is 1.79. The lowest BCUT2D eigenvalue weighted by Crippen LogP contribution is -2.14. The highest BCUT2D eigenvalue weighted by Crippen LogP contribution is 2.19. The zero-order valence-corrected chi connectivity index (χ0v) is 12.2. The number of carbonyl (C=O) groups is 1. The summed E-state index contributed by atoms with van der Waals surface area (Å²) in [6.07, 6.45) is 0. The molecule has 2 aromatic carbocycles. The number of nitrogens with one attached hydrogen (secondary N) is 1. The molecule has 20 heavy (non-hydrogen) atoms. The fourth-order valence-electron chi connectivity index (χ4n) is 1.61. The number of thioether (sulfide) groups is 1. The van der Waals surface area contributed by atoms with Gasteiger partial charge in [-0.15, -0.1) is 11.8 Å². The number of benzene rings is 2. The molecular formula is C15H13ClFNOS. The lowest BCUT2D eigenvalue weighted by atomic mass is 10.2. The number of carbonyl (C=O) groups excluding carboxylic acids is 1. The maximum atomic E-state index is 13.0. The monoisotopic (exact) mass is 309 g/mol. The Bertz CT molecular complexity index is 592. The van der Waals surface area contributed by atoms with Gasteiger partial charge in [0.1, 0.15) is 5.82 Å². The van der Waals surface area contributed by atoms with Crippen molar-refractivity contribution in [1.82, 2.24) is 0 Å². The van der Waals surface area contributed by atoms with Gasteiger partial charge >= 0.3 is 0 Å². The maximum Gasteiger partial charge on any atom is 0.234 e. The fraction of sp³-hybridized carbons (Fsp3) is 0.133. The van der Waals surface area contributed by atoms with E-state index in [-0.39, 0.29) is 10.9 Å². The smallest absolute Gasteiger partial charge is 0.234 e. The molecule has 0 aliphatic heterocycles. The van der Waals surface area contributed by atoms with E-state index in [0.717, 1.165) is 5.75 Å². The minimum atomic E-state index is -0.497. The molecule has 0 aromatic heterocycles. The number of amides is 1. The Morgan fingerprint density at radius 1 is 1.20 bits per heavy atom. The van der Waals surface area contributed by atoms with E-state index in [1.165, 1.54) is 35.5 Å². The van der Waals surface area contributed by atoms with Crippen LogP contribution in [0.5, 0.6) is 0 Å². The van der Waals surface area contributed by atoms with Crippen molar-refractivity contribution in [2.45, 2.75) is 5.75 Å². The molecule has 104 valence electrons. The van der Waals surface area contributed by atoms with Gasteiger partial charge in [-0.25, -0.2) is 4.39 Å². The summed E-state index contributed by atoms with van der Waals surface area (Å²) in [6, 6.07) is 14.0. The highest BCUT2D eigenvalue weighted by Gasteiger charge is 2.05. The van der Waals surface area contributed by atoms with Crippen molar-refractivity contribution in [1.29, 1.82) is 0 Å². The molecule has 0 saturated carbocycles. The van der Waals surface area contributed by atoms with Gasteiger partial charge in [0.25, 0.3) is 0 Å². The molecule has 0 aliphatic carbocycles. The van der Waals surface area contributed by atoms with Gasteiger partial charge in [0.15, 0.2) is 0 Å². The van der Waals surface area contributed by atoms with Crippen LogP contribution in [-0.4, -0.2) is 11.7 Å². The van der Waals surface area contributed by atoms with E-state index in [0.29, 0.717) is 11.4 Å². The molecule has 2 aromatic rings. The third-order valence-corrected chi connectivity index (χ3v) is 3.84. The molecule has 2 rings (SSSR count). The first-order valence-electron chi connectivity index (χ1n) is 6.02. The van der Waals surface area contributed by atoms with E-state index >= 15 is 0 Å². The normalized spacial score (nSPS) is 10.3. The van der Waals surface area contributed by atoms with E-state index in [9.17, 15) is 9.18 Å². The minimum absolute atomic E-state index is 0.000242. The second-order valence-electron chi connectivity index (χ2n) is 4.16. The molecule has 0 aliphatic rings. The van der Waals surface area contributed by atoms with Gasteiger partial charge in [-0.05, 0) is 23.8 Å². The molecule has 0 atom stereocenters. The maximum absolute atomic E-state index is 13.0. The van der Waals surface area contributed by atoms with E-state index < -0.39 is 5.82 Å². The molecule has 0 heterocycles. The van der Waals surface area contributed by atoms with Crippen molar-refractivity contribution in [3.63, 3.8) is 0 Å². The average molecular weight is 310 g/mol. The Morgan fingerprint density at radius 2 is 1.95 bits per heavy atom. The van der Waals surface area contributed by atoms with E-state index in [1.54, 1.807) is 0 Å². The average Bonchev–Trinajstić information content (AvgIpc) is 2.44. The first-order valence-corrected chi connectivity index (χ1v) is 7.55. The zero-order valence-electron chi connectivity index (χ0n) is 10.6. The summed E-state index contributed by atoms with van der Waals surface area (Å²) in [7, 11) is 0. The van der Waals surface area contributed by atoms with Gasteiger partial charge in [0.2, 0.25) is 5.91 Å². The minimum Gasteiger partial charge on any atom is -0.325 e. The molecule has 0 bridgehead atoms. The molecule has 1 amide bonds. The van der Waals surface area contributed by atoms with Crippen LogP contribution in [0.25, 0.3) is 0 Å². The first kappa shape index (κ1) is 14.9. The van der Waals surface area contributed by atoms with Crippen molar-refractivity contribution in [3.8, 4) is 0 Å². The molecule has 1 N–H and O–H groups in total. The van der Waals surface area contributed by atoms with Crippen LogP contribution in [0, 0.1) is 5.82 Å². The number of hydrogen-bond acceptors (Lipinski definition) is 2. The van der Waals surface area contributed by atoms with Crippen LogP contribution in [0.2, 0.25) is 5.02 Å². The van der Waals surface area contributed by atoms with E-state index in [2.05, 4.69) is 5.32 Å². The van der Waals surface area contributed by atoms with E-state index in [4.69, 9.17) is 11.6 Å². The fourth-order valence-corrected chi connectivity index (χ4v) is 2.58. The van der Waals surface area contributed by atoms with Gasteiger partial charge in [-0.1, -0.05) is 41.9 Å². The van der Waals surface area contributed by atoms with Crippen LogP contribution in [0.1, 0.15) is 5.56 Å². The zero-order chi connectivity index (χ0) is 14.4. The van der Waals surface area contributed by atoms with Crippen LogP contribution in [0.15, 0.2) is 48.5 Å². The Morgan fingerprint density at radius 3 is 2.65 bits per heavy atom. The summed E-state index contributed by atoms with van der Waals surface area (Å²) in [5, 5.41) is 2.69. The molecule has 0 saturated heterocycles. The van der Waals surface area contributed by atoms with Crippen molar-refractivity contribution < 1.29 is 9.18 Å². The summed E-state index contributed by atoms with van der Waals surface area (Å²) in [6.45, 7) is 0. The Labute approximate surface area is 126 Å². The summed E-state index contributed by atoms with van der Waals surface area (Å²) >= 11 is 7.17. The molecular weight excluding hydrogens is 297 g/mol. The largest absolute Gasteiger partial charge is 0.325 e. The lowest BCUT2D eigenvalue weighted by molar-refractivity contribution is -0.113. The summed E-state index contributed by atoms with van der Waals surface area (Å²) in [5.41, 5.74) is 1.68. The number of anilines is 1. The Hall–Kier alpha value is -1.52. The summed E-state index contributed by atoms with van der Waals surface area (Å²) in [4.78, 5) is 11.7. The standard InChI is InChI=1S/C15H13ClFNOS/c16-13-8-12(6-7-14(13)17)18-15(19)10-20-9-11-4-2-1-3-5-11/h1-8H,9-10H2,(H,18,19). The van der Waals surface area contributed by atoms with Gasteiger partial charge < -0.3 is 5.32 Å². The third-order valence-electron chi connectivity index (χ3n) is 2.55. The van der Waals surface area contributed by atoms with Crippen molar-refractivity contribution >= 4 is 35.0 Å². The van der Waals surface area contributed by atoms with Crippen LogP contribution in [-0.2, 0) is 10.5 Å². The molecule has 0 radical (unpaired) electrons. The molecule has 0 spiro atoms. The van der Waals surface area contributed by atoms with Crippen LogP contribution in [0.3, 0.4) is 0 Å². The first-order chi connectivity index (χ1) is 9.65. The summed E-state index contributed by atoms with van der Waals surface area (Å²) < 4.78 is 13.0. The van der Waals surface area contributed by atoms with Gasteiger partial charge in [-0.3, -0.25) is 4.79 Å². The Kier molecular flexibility index (Phi) is 5.44. The summed E-state index contributed by atoms with van der Waals surface area (Å²) in [5.74, 6) is 0.485. The van der Waals surface area contributed by atoms with Crippen LogP contribution >= 0.6 is 23.4 Å². The molecule has 5 heteroatoms. The highest BCUT2D eigenvalue weighted by atomic mass is 35.5. The number of rotatable bonds is 5. The van der Waals surface area contributed by atoms with Gasteiger partial charge in [0.05, 0.1) is 10.8 Å². The predicted molar refractivity (Wildman–Crippen MR) is 82.6 cm³/mol. The SMILES string of the molecule is O=C(CSCc1ccccc1)Nc1ccc(F)c(Cl)c1. The highest BCUT2D eigenvalue weighted by molar-refractivity contribution is 7.99. The predicted octanol–water partition coefficient (Wildman–Crippen LogP) is 4.35. The topological polar surface area (TPSA) is 29.1 Å². The lowest BCUT2D eigenvalue weighted by Gasteiger charge is -2.06. The molecule has 2 nitrogen and oxygen atoms in total. The third kappa shape index (κ3) is 4.54. The van der Waals surface area contributed by atoms with Gasteiger partial charge in [-0.2, -0.15) is 0 Å². The van der Waals surface area contributed by atoms with Crippen molar-refractivity contribution in [3.05, 3.63) is 64.9 Å². The molecule has 0 unspecified atom stereocenters. The number of hydrogen-bond donors (Lipinski definition) is 1. The second-order valence-corrected chi connectivity index (χ2v) is 5.55. The van der Waals surface area contributed by atoms with Crippen LogP contribution in [0.4, 0.5) is 10.1 Å². The second kappa shape index (κ2) is 7.31. The van der Waals surface area contributed by atoms with Gasteiger partial charge in [0, 0.05) is 11.4 Å². The van der Waals surface area contributed by atoms with Crippen LogP contribution < -0.4 is 5.32 Å². The number of halogens is 2. The van der Waals surface area contributed by atoms with Crippen molar-refractivity contribution in [2.24, 2.45) is 0 Å². The quantitative estimate of drug-likeness (QED) is 0.889. The molecule has 0 fully saturated rings. The van der Waals surface area contributed by atoms with E-state index in [1.807, 2.05) is 30.3 Å².